The topological polar surface area (TPSA) is 141 Å². The minimum Gasteiger partial charge on any atom is -0.461 e. The van der Waals surface area contributed by atoms with E-state index >= 15 is 0 Å². The minimum absolute atomic E-state index is 0.0476. The minimum atomic E-state index is -0.684. The van der Waals surface area contributed by atoms with Crippen LogP contribution >= 0.6 is 0 Å². The number of nitrogens with one attached hydrogen (secondary N) is 1. The lowest BCUT2D eigenvalue weighted by atomic mass is 10.4. The number of hydrogen-bond acceptors (Lipinski definition) is 10. The van der Waals surface area contributed by atoms with E-state index in [4.69, 9.17) is 18.3 Å². The Balaban J connectivity index is 2.17. The van der Waals surface area contributed by atoms with Crippen LogP contribution in [-0.2, 0) is 9.47 Å². The fourth-order valence-corrected chi connectivity index (χ4v) is 1.77. The van der Waals surface area contributed by atoms with E-state index in [-0.39, 0.29) is 48.2 Å². The first-order valence-electron chi connectivity index (χ1n) is 7.42. The molecule has 0 saturated carbocycles. The van der Waals surface area contributed by atoms with Crippen LogP contribution in [0, 0.1) is 13.8 Å². The van der Waals surface area contributed by atoms with Crippen LogP contribution in [-0.4, -0.2) is 35.1 Å². The standard InChI is InChI=1S/C14H17N5O6/c1-5-22-13(20)9-11(24-7(3)15-9)17-19-18-12-10(14(21)23-6-2)16-8(4)25-12/h5-6H2,1-4H3,(H,17,18). The van der Waals surface area contributed by atoms with Crippen molar-refractivity contribution in [2.75, 3.05) is 18.6 Å². The molecule has 2 aromatic heterocycles. The Bertz CT molecular complexity index is 794. The maximum Gasteiger partial charge on any atom is 0.362 e. The van der Waals surface area contributed by atoms with E-state index in [1.54, 1.807) is 27.7 Å². The van der Waals surface area contributed by atoms with Gasteiger partial charge in [-0.25, -0.2) is 25.0 Å². The molecule has 2 rings (SSSR count). The van der Waals surface area contributed by atoms with Gasteiger partial charge >= 0.3 is 11.9 Å². The second-order valence-corrected chi connectivity index (χ2v) is 4.55. The molecule has 0 aliphatic carbocycles. The molecule has 0 atom stereocenters. The molecule has 0 amide bonds. The second-order valence-electron chi connectivity index (χ2n) is 4.55. The maximum absolute atomic E-state index is 11.8. The van der Waals surface area contributed by atoms with Gasteiger partial charge in [-0.2, -0.15) is 0 Å². The molecule has 0 fully saturated rings. The van der Waals surface area contributed by atoms with Gasteiger partial charge in [-0.05, 0) is 13.8 Å². The second kappa shape index (κ2) is 8.04. The van der Waals surface area contributed by atoms with Crippen molar-refractivity contribution in [3.8, 4) is 0 Å². The number of carbonyl (C=O) groups is 2. The van der Waals surface area contributed by atoms with Gasteiger partial charge < -0.3 is 18.3 Å². The highest BCUT2D eigenvalue weighted by Crippen LogP contribution is 2.23. The van der Waals surface area contributed by atoms with Gasteiger partial charge in [0.15, 0.2) is 11.8 Å². The van der Waals surface area contributed by atoms with Gasteiger partial charge in [0.1, 0.15) is 0 Å². The summed E-state index contributed by atoms with van der Waals surface area (Å²) in [5, 5.41) is 7.36. The Morgan fingerprint density at radius 1 is 1.00 bits per heavy atom. The molecule has 0 saturated heterocycles. The number of hydrogen-bond donors (Lipinski definition) is 1. The van der Waals surface area contributed by atoms with E-state index in [0.717, 1.165) is 0 Å². The van der Waals surface area contributed by atoms with Gasteiger partial charge in [0.25, 0.3) is 5.88 Å². The number of oxazole rings is 2. The first-order chi connectivity index (χ1) is 12.0. The summed E-state index contributed by atoms with van der Waals surface area (Å²) in [5.74, 6) is -1.08. The van der Waals surface area contributed by atoms with Crippen molar-refractivity contribution in [1.29, 1.82) is 0 Å². The van der Waals surface area contributed by atoms with Crippen molar-refractivity contribution in [3.63, 3.8) is 0 Å². The number of anilines is 1. The molecule has 0 bridgehead atoms. The molecule has 1 N–H and O–H groups in total. The average Bonchev–Trinajstić information content (AvgIpc) is 3.11. The van der Waals surface area contributed by atoms with Gasteiger partial charge in [-0.15, -0.1) is 0 Å². The largest absolute Gasteiger partial charge is 0.461 e. The lowest BCUT2D eigenvalue weighted by molar-refractivity contribution is 0.0511. The molecule has 134 valence electrons. The zero-order chi connectivity index (χ0) is 18.4. The Kier molecular flexibility index (Phi) is 5.82. The molecule has 0 spiro atoms. The van der Waals surface area contributed by atoms with E-state index in [2.05, 4.69) is 25.7 Å². The van der Waals surface area contributed by atoms with Crippen LogP contribution in [0.2, 0.25) is 0 Å². The summed E-state index contributed by atoms with van der Waals surface area (Å²) in [6, 6.07) is 0. The summed E-state index contributed by atoms with van der Waals surface area (Å²) < 4.78 is 20.1. The summed E-state index contributed by atoms with van der Waals surface area (Å²) >= 11 is 0. The van der Waals surface area contributed by atoms with Gasteiger partial charge in [-0.3, -0.25) is 0 Å². The number of nitrogens with zero attached hydrogens (tertiary/aromatic N) is 4. The molecule has 2 aromatic rings. The average molecular weight is 351 g/mol. The third-order valence-corrected chi connectivity index (χ3v) is 2.68. The molecule has 0 aliphatic heterocycles. The Hall–Kier alpha value is -3.24. The maximum atomic E-state index is 11.8. The van der Waals surface area contributed by atoms with Crippen molar-refractivity contribution >= 4 is 23.7 Å². The number of ether oxygens (including phenoxy) is 2. The number of aromatic nitrogens is 2. The van der Waals surface area contributed by atoms with E-state index in [0.29, 0.717) is 0 Å². The number of rotatable bonds is 7. The van der Waals surface area contributed by atoms with E-state index in [9.17, 15) is 9.59 Å². The van der Waals surface area contributed by atoms with E-state index in [1.807, 2.05) is 0 Å². The van der Waals surface area contributed by atoms with Gasteiger partial charge in [-0.1, -0.05) is 10.3 Å². The SMILES string of the molecule is CCOC(=O)c1nc(C)oc1/N=N/Nc1oc(C)nc1C(=O)OCC. The van der Waals surface area contributed by atoms with Gasteiger partial charge in [0.2, 0.25) is 17.3 Å². The Labute approximate surface area is 142 Å². The number of esters is 2. The molecule has 0 aromatic carbocycles. The van der Waals surface area contributed by atoms with Crippen LogP contribution in [0.5, 0.6) is 0 Å². The molecular weight excluding hydrogens is 334 g/mol. The van der Waals surface area contributed by atoms with Crippen LogP contribution in [0.1, 0.15) is 46.6 Å². The highest BCUT2D eigenvalue weighted by atomic mass is 16.5. The van der Waals surface area contributed by atoms with Gasteiger partial charge in [0, 0.05) is 13.8 Å². The van der Waals surface area contributed by atoms with Crippen molar-refractivity contribution in [2.45, 2.75) is 27.7 Å². The van der Waals surface area contributed by atoms with Crippen molar-refractivity contribution in [2.24, 2.45) is 10.3 Å². The summed E-state index contributed by atoms with van der Waals surface area (Å²) in [7, 11) is 0. The lowest BCUT2D eigenvalue weighted by Gasteiger charge is -1.99. The van der Waals surface area contributed by atoms with Crippen molar-refractivity contribution in [3.05, 3.63) is 23.2 Å². The number of carbonyl (C=O) groups excluding carboxylic acids is 2. The molecule has 11 heteroatoms. The predicted octanol–water partition coefficient (Wildman–Crippen LogP) is 2.74. The molecule has 25 heavy (non-hydrogen) atoms. The highest BCUT2D eigenvalue weighted by molar-refractivity contribution is 5.92. The molecular formula is C14H17N5O6. The number of aryl methyl sites for hydroxylation is 2. The van der Waals surface area contributed by atoms with Crippen LogP contribution in [0.25, 0.3) is 0 Å². The van der Waals surface area contributed by atoms with E-state index in [1.165, 1.54) is 0 Å². The van der Waals surface area contributed by atoms with Crippen LogP contribution in [0.4, 0.5) is 11.8 Å². The highest BCUT2D eigenvalue weighted by Gasteiger charge is 2.22. The molecule has 0 aliphatic rings. The molecule has 0 radical (unpaired) electrons. The smallest absolute Gasteiger partial charge is 0.362 e. The third kappa shape index (κ3) is 4.40. The zero-order valence-corrected chi connectivity index (χ0v) is 14.2. The summed E-state index contributed by atoms with van der Waals surface area (Å²) in [6.07, 6.45) is 0. The third-order valence-electron chi connectivity index (χ3n) is 2.68. The Morgan fingerprint density at radius 2 is 1.56 bits per heavy atom. The van der Waals surface area contributed by atoms with Crippen LogP contribution in [0.3, 0.4) is 0 Å². The first-order valence-corrected chi connectivity index (χ1v) is 7.42. The lowest BCUT2D eigenvalue weighted by Crippen LogP contribution is -2.07. The first kappa shape index (κ1) is 18.1. The van der Waals surface area contributed by atoms with Crippen LogP contribution in [0.15, 0.2) is 19.2 Å². The van der Waals surface area contributed by atoms with Crippen molar-refractivity contribution in [1.82, 2.24) is 9.97 Å². The molecule has 11 nitrogen and oxygen atoms in total. The fourth-order valence-electron chi connectivity index (χ4n) is 1.77. The summed E-state index contributed by atoms with van der Waals surface area (Å²) in [5.41, 5.74) is 2.24. The normalized spacial score (nSPS) is 10.9. The van der Waals surface area contributed by atoms with Gasteiger partial charge in [0.05, 0.1) is 13.2 Å². The molecule has 2 heterocycles. The monoisotopic (exact) mass is 351 g/mol. The van der Waals surface area contributed by atoms with Crippen molar-refractivity contribution < 1.29 is 27.9 Å². The quantitative estimate of drug-likeness (QED) is 0.452. The summed E-state index contributed by atoms with van der Waals surface area (Å²) in [6.45, 7) is 6.81. The zero-order valence-electron chi connectivity index (χ0n) is 14.2. The van der Waals surface area contributed by atoms with E-state index < -0.39 is 11.9 Å². The Morgan fingerprint density at radius 3 is 2.20 bits per heavy atom. The fraction of sp³-hybridized carbons (Fsp3) is 0.429. The summed E-state index contributed by atoms with van der Waals surface area (Å²) in [4.78, 5) is 31.4. The molecule has 0 unspecified atom stereocenters. The predicted molar refractivity (Wildman–Crippen MR) is 82.5 cm³/mol. The van der Waals surface area contributed by atoms with Crippen LogP contribution < -0.4 is 5.43 Å².